The monoisotopic (exact) mass is 139 g/mol. The van der Waals surface area contributed by atoms with Crippen LogP contribution in [0.2, 0.25) is 0 Å². The highest BCUT2D eigenvalue weighted by molar-refractivity contribution is 4.87. The predicted octanol–water partition coefficient (Wildman–Crippen LogP) is 3.59. The third-order valence-corrected chi connectivity index (χ3v) is 1.83. The van der Waals surface area contributed by atoms with E-state index in [4.69, 9.17) is 0 Å². The molecule has 0 aromatic rings. The molecule has 0 heterocycles. The Morgan fingerprint density at radius 2 is 1.90 bits per heavy atom. The van der Waals surface area contributed by atoms with E-state index in [2.05, 4.69) is 32.9 Å². The molecule has 0 spiro atoms. The second kappa shape index (κ2) is 6.85. The zero-order chi connectivity index (χ0) is 7.82. The van der Waals surface area contributed by atoms with Gasteiger partial charge in [-0.25, -0.2) is 0 Å². The number of rotatable bonds is 5. The molecule has 0 heteroatoms. The van der Waals surface area contributed by atoms with Crippen molar-refractivity contribution in [3.05, 3.63) is 19.1 Å². The van der Waals surface area contributed by atoms with Crippen LogP contribution in [0.15, 0.2) is 12.2 Å². The molecule has 0 saturated carbocycles. The fourth-order valence-corrected chi connectivity index (χ4v) is 0.967. The number of allylic oxidation sites excluding steroid dienone is 2. The molecule has 0 N–H and O–H groups in total. The topological polar surface area (TPSA) is 0 Å². The van der Waals surface area contributed by atoms with Crippen LogP contribution in [0.25, 0.3) is 0 Å². The van der Waals surface area contributed by atoms with E-state index in [1.165, 1.54) is 12.8 Å². The van der Waals surface area contributed by atoms with E-state index in [-0.39, 0.29) is 0 Å². The van der Waals surface area contributed by atoms with Crippen LogP contribution in [0.3, 0.4) is 0 Å². The van der Waals surface area contributed by atoms with Crippen LogP contribution < -0.4 is 0 Å². The van der Waals surface area contributed by atoms with Gasteiger partial charge in [-0.2, -0.15) is 0 Å². The van der Waals surface area contributed by atoms with Gasteiger partial charge < -0.3 is 0 Å². The fraction of sp³-hybridized carbons (Fsp3) is 0.700. The normalized spacial score (nSPS) is 11.6. The summed E-state index contributed by atoms with van der Waals surface area (Å²) in [6, 6.07) is 0. The van der Waals surface area contributed by atoms with E-state index < -0.39 is 0 Å². The Hall–Kier alpha value is -0.260. The lowest BCUT2D eigenvalue weighted by atomic mass is 10.0. The highest BCUT2D eigenvalue weighted by Crippen LogP contribution is 2.09. The van der Waals surface area contributed by atoms with E-state index in [1.54, 1.807) is 0 Å². The van der Waals surface area contributed by atoms with Gasteiger partial charge in [-0.15, -0.1) is 0 Å². The van der Waals surface area contributed by atoms with E-state index in [9.17, 15) is 0 Å². The summed E-state index contributed by atoms with van der Waals surface area (Å²) >= 11 is 0. The Morgan fingerprint density at radius 1 is 1.30 bits per heavy atom. The second-order valence-electron chi connectivity index (χ2n) is 2.65. The van der Waals surface area contributed by atoms with Gasteiger partial charge in [-0.3, -0.25) is 0 Å². The summed E-state index contributed by atoms with van der Waals surface area (Å²) < 4.78 is 0. The summed E-state index contributed by atoms with van der Waals surface area (Å²) in [7, 11) is 0. The van der Waals surface area contributed by atoms with Crippen molar-refractivity contribution >= 4 is 0 Å². The molecule has 0 bridgehead atoms. The summed E-state index contributed by atoms with van der Waals surface area (Å²) in [5.41, 5.74) is 0. The Balaban J connectivity index is 3.40. The first-order valence-corrected chi connectivity index (χ1v) is 4.31. The van der Waals surface area contributed by atoms with Crippen LogP contribution in [0, 0.1) is 12.8 Å². The van der Waals surface area contributed by atoms with Crippen molar-refractivity contribution in [3.63, 3.8) is 0 Å². The predicted molar refractivity (Wildman–Crippen MR) is 47.8 cm³/mol. The Bertz CT molecular complexity index is 78.0. The summed E-state index contributed by atoms with van der Waals surface area (Å²) in [5.74, 6) is 0.798. The molecule has 0 rings (SSSR count). The first kappa shape index (κ1) is 9.74. The lowest BCUT2D eigenvalue weighted by Crippen LogP contribution is -1.89. The van der Waals surface area contributed by atoms with E-state index in [0.717, 1.165) is 18.8 Å². The molecule has 0 unspecified atom stereocenters. The first-order valence-electron chi connectivity index (χ1n) is 4.31. The van der Waals surface area contributed by atoms with E-state index in [1.807, 2.05) is 0 Å². The van der Waals surface area contributed by atoms with E-state index >= 15 is 0 Å². The lowest BCUT2D eigenvalue weighted by molar-refractivity contribution is 0.604. The molecule has 10 heavy (non-hydrogen) atoms. The SMILES string of the molecule is [CH2]CCC=CC(CC)CC. The lowest BCUT2D eigenvalue weighted by Gasteiger charge is -2.03. The molecule has 0 saturated heterocycles. The minimum Gasteiger partial charge on any atom is -0.0883 e. The van der Waals surface area contributed by atoms with Gasteiger partial charge in [-0.05, 0) is 31.6 Å². The number of unbranched alkanes of at least 4 members (excludes halogenated alkanes) is 1. The van der Waals surface area contributed by atoms with E-state index in [0.29, 0.717) is 0 Å². The molecule has 0 aliphatic carbocycles. The molecule has 0 nitrogen and oxygen atoms in total. The second-order valence-corrected chi connectivity index (χ2v) is 2.65. The molecule has 0 aliphatic rings. The van der Waals surface area contributed by atoms with Crippen LogP contribution >= 0.6 is 0 Å². The Labute approximate surface area is 65.3 Å². The van der Waals surface area contributed by atoms with Crippen molar-refractivity contribution in [1.29, 1.82) is 0 Å². The third kappa shape index (κ3) is 4.60. The van der Waals surface area contributed by atoms with Crippen molar-refractivity contribution in [1.82, 2.24) is 0 Å². The van der Waals surface area contributed by atoms with Crippen molar-refractivity contribution in [2.24, 2.45) is 5.92 Å². The molecule has 59 valence electrons. The van der Waals surface area contributed by atoms with Gasteiger partial charge in [0.15, 0.2) is 0 Å². The van der Waals surface area contributed by atoms with Crippen LogP contribution in [0.4, 0.5) is 0 Å². The highest BCUT2D eigenvalue weighted by Gasteiger charge is 1.94. The zero-order valence-electron chi connectivity index (χ0n) is 7.27. The fourth-order valence-electron chi connectivity index (χ4n) is 0.967. The van der Waals surface area contributed by atoms with Crippen LogP contribution in [0.5, 0.6) is 0 Å². The number of hydrogen-bond donors (Lipinski definition) is 0. The highest BCUT2D eigenvalue weighted by atomic mass is 14.0. The molecule has 0 amide bonds. The van der Waals surface area contributed by atoms with Crippen LogP contribution in [-0.4, -0.2) is 0 Å². The summed E-state index contributed by atoms with van der Waals surface area (Å²) in [5, 5.41) is 0. The maximum absolute atomic E-state index is 3.78. The van der Waals surface area contributed by atoms with Crippen LogP contribution in [0.1, 0.15) is 39.5 Å². The van der Waals surface area contributed by atoms with Crippen LogP contribution in [-0.2, 0) is 0 Å². The van der Waals surface area contributed by atoms with Crippen molar-refractivity contribution < 1.29 is 0 Å². The largest absolute Gasteiger partial charge is 0.0883 e. The summed E-state index contributed by atoms with van der Waals surface area (Å²) in [6.07, 6.45) is 9.28. The quantitative estimate of drug-likeness (QED) is 0.510. The molecular weight excluding hydrogens is 120 g/mol. The average Bonchev–Trinajstić information content (AvgIpc) is 1.99. The van der Waals surface area contributed by atoms with Gasteiger partial charge in [0, 0.05) is 0 Å². The van der Waals surface area contributed by atoms with Crippen molar-refractivity contribution in [2.75, 3.05) is 0 Å². The molecule has 1 radical (unpaired) electrons. The van der Waals surface area contributed by atoms with Crippen molar-refractivity contribution in [2.45, 2.75) is 39.5 Å². The molecule has 0 atom stereocenters. The number of hydrogen-bond acceptors (Lipinski definition) is 0. The molecule has 0 aliphatic heterocycles. The van der Waals surface area contributed by atoms with Gasteiger partial charge in [0.1, 0.15) is 0 Å². The van der Waals surface area contributed by atoms with Gasteiger partial charge in [0.2, 0.25) is 0 Å². The minimum absolute atomic E-state index is 0.798. The molecular formula is C10H19. The van der Waals surface area contributed by atoms with Gasteiger partial charge >= 0.3 is 0 Å². The summed E-state index contributed by atoms with van der Waals surface area (Å²) in [6.45, 7) is 8.26. The maximum Gasteiger partial charge on any atom is -0.0239 e. The smallest absolute Gasteiger partial charge is 0.0239 e. The Morgan fingerprint density at radius 3 is 2.30 bits per heavy atom. The van der Waals surface area contributed by atoms with Gasteiger partial charge in [-0.1, -0.05) is 32.9 Å². The van der Waals surface area contributed by atoms with Crippen molar-refractivity contribution in [3.8, 4) is 0 Å². The standard InChI is InChI=1S/C10H19/c1-4-7-8-9-10(5-2)6-3/h8-10H,1,4-7H2,2-3H3. The zero-order valence-corrected chi connectivity index (χ0v) is 7.27. The average molecular weight is 139 g/mol. The molecule has 0 fully saturated rings. The minimum atomic E-state index is 0.798. The third-order valence-electron chi connectivity index (χ3n) is 1.83. The summed E-state index contributed by atoms with van der Waals surface area (Å²) in [4.78, 5) is 0. The van der Waals surface area contributed by atoms with Gasteiger partial charge in [0.05, 0.1) is 0 Å². The van der Waals surface area contributed by atoms with Gasteiger partial charge in [0.25, 0.3) is 0 Å². The maximum atomic E-state index is 3.78. The first-order chi connectivity index (χ1) is 4.85. The molecule has 0 aromatic carbocycles. The Kier molecular flexibility index (Phi) is 6.68. The molecule has 0 aromatic heterocycles.